The molecule has 0 unspecified atom stereocenters. The maximum absolute atomic E-state index is 11.7. The molecule has 0 spiro atoms. The van der Waals surface area contributed by atoms with Crippen molar-refractivity contribution in [2.45, 2.75) is 32.7 Å². The number of nitrogens with one attached hydrogen (secondary N) is 1. The van der Waals surface area contributed by atoms with Crippen LogP contribution in [0.5, 0.6) is 0 Å². The SMILES string of the molecule is CCC(CC)NC(=O)c1cncc(Cl)n1. The van der Waals surface area contributed by atoms with Gasteiger partial charge in [0.15, 0.2) is 0 Å². The number of rotatable bonds is 4. The largest absolute Gasteiger partial charge is 0.348 e. The molecule has 1 N–H and O–H groups in total. The van der Waals surface area contributed by atoms with Gasteiger partial charge in [0, 0.05) is 6.04 Å². The molecule has 0 aliphatic rings. The average Bonchev–Trinajstić information content (AvgIpc) is 2.25. The summed E-state index contributed by atoms with van der Waals surface area (Å²) in [5.41, 5.74) is 0.259. The second-order valence-corrected chi connectivity index (χ2v) is 3.60. The predicted octanol–water partition coefficient (Wildman–Crippen LogP) is 2.05. The van der Waals surface area contributed by atoms with Gasteiger partial charge in [-0.3, -0.25) is 9.78 Å². The monoisotopic (exact) mass is 227 g/mol. The molecule has 0 aliphatic heterocycles. The molecule has 1 aromatic heterocycles. The maximum Gasteiger partial charge on any atom is 0.271 e. The molecule has 1 aromatic rings. The number of nitrogens with zero attached hydrogens (tertiary/aromatic N) is 2. The molecule has 0 radical (unpaired) electrons. The van der Waals surface area contributed by atoms with Crippen molar-refractivity contribution in [2.75, 3.05) is 0 Å². The van der Waals surface area contributed by atoms with Crippen LogP contribution in [0.3, 0.4) is 0 Å². The van der Waals surface area contributed by atoms with Crippen LogP contribution in [0.1, 0.15) is 37.2 Å². The summed E-state index contributed by atoms with van der Waals surface area (Å²) in [4.78, 5) is 19.3. The molecular weight excluding hydrogens is 214 g/mol. The molecule has 1 amide bonds. The van der Waals surface area contributed by atoms with Gasteiger partial charge in [0.25, 0.3) is 5.91 Å². The number of hydrogen-bond donors (Lipinski definition) is 1. The van der Waals surface area contributed by atoms with Gasteiger partial charge in [-0.1, -0.05) is 25.4 Å². The van der Waals surface area contributed by atoms with Crippen LogP contribution >= 0.6 is 11.6 Å². The number of aromatic nitrogens is 2. The fraction of sp³-hybridized carbons (Fsp3) is 0.500. The van der Waals surface area contributed by atoms with E-state index in [9.17, 15) is 4.79 Å². The lowest BCUT2D eigenvalue weighted by atomic mass is 10.1. The van der Waals surface area contributed by atoms with Crippen molar-refractivity contribution in [3.05, 3.63) is 23.2 Å². The normalized spacial score (nSPS) is 10.4. The third-order valence-electron chi connectivity index (χ3n) is 2.16. The lowest BCUT2D eigenvalue weighted by molar-refractivity contribution is 0.0929. The standard InChI is InChI=1S/C10H14ClN3O/c1-3-7(4-2)13-10(15)8-5-12-6-9(11)14-8/h5-7H,3-4H2,1-2H3,(H,13,15). The van der Waals surface area contributed by atoms with Crippen LogP contribution in [0.2, 0.25) is 5.15 Å². The van der Waals surface area contributed by atoms with Gasteiger partial charge in [0.1, 0.15) is 10.8 Å². The lowest BCUT2D eigenvalue weighted by Gasteiger charge is -2.13. The van der Waals surface area contributed by atoms with Gasteiger partial charge in [-0.25, -0.2) is 4.98 Å². The Labute approximate surface area is 94.1 Å². The zero-order valence-corrected chi connectivity index (χ0v) is 9.58. The van der Waals surface area contributed by atoms with Crippen LogP contribution in [0.15, 0.2) is 12.4 Å². The van der Waals surface area contributed by atoms with Gasteiger partial charge in [0.2, 0.25) is 0 Å². The Bertz CT molecular complexity index is 339. The van der Waals surface area contributed by atoms with Crippen molar-refractivity contribution in [1.29, 1.82) is 0 Å². The summed E-state index contributed by atoms with van der Waals surface area (Å²) in [6.07, 6.45) is 4.60. The van der Waals surface area contributed by atoms with E-state index in [1.165, 1.54) is 12.4 Å². The Hall–Kier alpha value is -1.16. The van der Waals surface area contributed by atoms with Crippen molar-refractivity contribution < 1.29 is 4.79 Å². The van der Waals surface area contributed by atoms with Gasteiger partial charge in [-0.2, -0.15) is 0 Å². The summed E-state index contributed by atoms with van der Waals surface area (Å²) >= 11 is 5.64. The van der Waals surface area contributed by atoms with Crippen LogP contribution in [0.25, 0.3) is 0 Å². The molecule has 1 heterocycles. The molecular formula is C10H14ClN3O. The third kappa shape index (κ3) is 3.47. The molecule has 0 aliphatic carbocycles. The minimum atomic E-state index is -0.223. The topological polar surface area (TPSA) is 54.9 Å². The highest BCUT2D eigenvalue weighted by Gasteiger charge is 2.12. The Morgan fingerprint density at radius 3 is 2.67 bits per heavy atom. The number of carbonyl (C=O) groups is 1. The van der Waals surface area contributed by atoms with Gasteiger partial charge in [-0.15, -0.1) is 0 Å². The number of amides is 1. The third-order valence-corrected chi connectivity index (χ3v) is 2.34. The van der Waals surface area contributed by atoms with Crippen LogP contribution in [0.4, 0.5) is 0 Å². The fourth-order valence-corrected chi connectivity index (χ4v) is 1.35. The molecule has 0 saturated carbocycles. The van der Waals surface area contributed by atoms with E-state index in [1.54, 1.807) is 0 Å². The van der Waals surface area contributed by atoms with Gasteiger partial charge in [0.05, 0.1) is 12.4 Å². The summed E-state index contributed by atoms with van der Waals surface area (Å²) in [5.74, 6) is -0.223. The summed E-state index contributed by atoms with van der Waals surface area (Å²) in [5, 5.41) is 3.09. The Morgan fingerprint density at radius 2 is 2.13 bits per heavy atom. The molecule has 82 valence electrons. The first-order chi connectivity index (χ1) is 7.17. The Balaban J connectivity index is 2.68. The molecule has 0 bridgehead atoms. The summed E-state index contributed by atoms with van der Waals surface area (Å²) in [7, 11) is 0. The molecule has 0 aromatic carbocycles. The van der Waals surface area contributed by atoms with E-state index in [2.05, 4.69) is 15.3 Å². The Kier molecular flexibility index (Phi) is 4.49. The van der Waals surface area contributed by atoms with Crippen LogP contribution in [0, 0.1) is 0 Å². The zero-order chi connectivity index (χ0) is 11.3. The first-order valence-corrected chi connectivity index (χ1v) is 5.33. The van der Waals surface area contributed by atoms with Crippen molar-refractivity contribution in [3.63, 3.8) is 0 Å². The molecule has 5 heteroatoms. The van der Waals surface area contributed by atoms with Gasteiger partial charge >= 0.3 is 0 Å². The smallest absolute Gasteiger partial charge is 0.271 e. The zero-order valence-electron chi connectivity index (χ0n) is 8.83. The van der Waals surface area contributed by atoms with Gasteiger partial charge in [-0.05, 0) is 12.8 Å². The molecule has 0 atom stereocenters. The molecule has 0 saturated heterocycles. The second-order valence-electron chi connectivity index (χ2n) is 3.21. The van der Waals surface area contributed by atoms with Crippen molar-refractivity contribution in [2.24, 2.45) is 0 Å². The van der Waals surface area contributed by atoms with Crippen LogP contribution < -0.4 is 5.32 Å². The highest BCUT2D eigenvalue weighted by Crippen LogP contribution is 2.04. The fourth-order valence-electron chi connectivity index (χ4n) is 1.20. The quantitative estimate of drug-likeness (QED) is 0.857. The predicted molar refractivity (Wildman–Crippen MR) is 58.9 cm³/mol. The second kappa shape index (κ2) is 5.66. The number of hydrogen-bond acceptors (Lipinski definition) is 3. The highest BCUT2D eigenvalue weighted by molar-refractivity contribution is 6.29. The number of halogens is 1. The van der Waals surface area contributed by atoms with E-state index in [-0.39, 0.29) is 22.8 Å². The van der Waals surface area contributed by atoms with E-state index < -0.39 is 0 Å². The first-order valence-electron chi connectivity index (χ1n) is 4.95. The maximum atomic E-state index is 11.7. The van der Waals surface area contributed by atoms with Crippen LogP contribution in [-0.4, -0.2) is 21.9 Å². The summed E-state index contributed by atoms with van der Waals surface area (Å²) in [6.45, 7) is 4.05. The minimum absolute atomic E-state index is 0.179. The number of carbonyl (C=O) groups excluding carboxylic acids is 1. The molecule has 4 nitrogen and oxygen atoms in total. The highest BCUT2D eigenvalue weighted by atomic mass is 35.5. The van der Waals surface area contributed by atoms with Crippen LogP contribution in [-0.2, 0) is 0 Å². The van der Waals surface area contributed by atoms with Crippen molar-refractivity contribution in [1.82, 2.24) is 15.3 Å². The van der Waals surface area contributed by atoms with E-state index in [0.717, 1.165) is 12.8 Å². The first kappa shape index (κ1) is 11.9. The van der Waals surface area contributed by atoms with E-state index >= 15 is 0 Å². The van der Waals surface area contributed by atoms with Gasteiger partial charge < -0.3 is 5.32 Å². The van der Waals surface area contributed by atoms with E-state index in [1.807, 2.05) is 13.8 Å². The van der Waals surface area contributed by atoms with E-state index in [0.29, 0.717) is 0 Å². The lowest BCUT2D eigenvalue weighted by Crippen LogP contribution is -2.34. The van der Waals surface area contributed by atoms with E-state index in [4.69, 9.17) is 11.6 Å². The minimum Gasteiger partial charge on any atom is -0.348 e. The summed E-state index contributed by atoms with van der Waals surface area (Å²) < 4.78 is 0. The summed E-state index contributed by atoms with van der Waals surface area (Å²) in [6, 6.07) is 0.179. The molecule has 0 fully saturated rings. The van der Waals surface area contributed by atoms with Crippen molar-refractivity contribution >= 4 is 17.5 Å². The average molecular weight is 228 g/mol. The Morgan fingerprint density at radius 1 is 1.47 bits per heavy atom. The molecule has 1 rings (SSSR count). The van der Waals surface area contributed by atoms with Crippen molar-refractivity contribution in [3.8, 4) is 0 Å². The molecule has 15 heavy (non-hydrogen) atoms.